The van der Waals surface area contributed by atoms with Crippen molar-refractivity contribution in [3.63, 3.8) is 0 Å². The average Bonchev–Trinajstić information content (AvgIpc) is 2.60. The van der Waals surface area contributed by atoms with Crippen molar-refractivity contribution in [2.24, 2.45) is 0 Å². The second-order valence-electron chi connectivity index (χ2n) is 5.70. The maximum Gasteiger partial charge on any atom is 0.268 e. The summed E-state index contributed by atoms with van der Waals surface area (Å²) >= 11 is 0. The van der Waals surface area contributed by atoms with E-state index in [4.69, 9.17) is 4.74 Å². The van der Waals surface area contributed by atoms with Gasteiger partial charge in [0, 0.05) is 26.7 Å². The first-order chi connectivity index (χ1) is 11.5. The second-order valence-corrected chi connectivity index (χ2v) is 5.70. The first-order valence-electron chi connectivity index (χ1n) is 7.71. The fourth-order valence-electron chi connectivity index (χ4n) is 2.15. The molecule has 0 unspecified atom stereocenters. The van der Waals surface area contributed by atoms with Crippen LogP contribution >= 0.6 is 0 Å². The molecule has 0 saturated heterocycles. The Morgan fingerprint density at radius 1 is 0.917 bits per heavy atom. The Balaban J connectivity index is 2.22. The number of ether oxygens (including phenoxy) is 1. The van der Waals surface area contributed by atoms with Gasteiger partial charge in [0.05, 0.1) is 6.54 Å². The molecular weight excluding hydrogens is 304 g/mol. The molecule has 0 spiro atoms. The molecule has 0 N–H and O–H groups in total. The van der Waals surface area contributed by atoms with Gasteiger partial charge in [-0.25, -0.2) is 0 Å². The van der Waals surface area contributed by atoms with E-state index in [1.165, 1.54) is 9.80 Å². The third kappa shape index (κ3) is 4.59. The lowest BCUT2D eigenvalue weighted by Crippen LogP contribution is -2.41. The lowest BCUT2D eigenvalue weighted by Gasteiger charge is -2.25. The minimum Gasteiger partial charge on any atom is -0.476 e. The highest BCUT2D eigenvalue weighted by atomic mass is 16.5. The number of nitrogens with zero attached hydrogens (tertiary/aromatic N) is 2. The summed E-state index contributed by atoms with van der Waals surface area (Å²) in [7, 11) is 4.93. The molecular formula is C19H22N2O3. The minimum atomic E-state index is -0.798. The third-order valence-corrected chi connectivity index (χ3v) is 3.57. The average molecular weight is 326 g/mol. The van der Waals surface area contributed by atoms with E-state index in [1.54, 1.807) is 33.3 Å². The van der Waals surface area contributed by atoms with E-state index in [-0.39, 0.29) is 18.4 Å². The zero-order chi connectivity index (χ0) is 17.5. The van der Waals surface area contributed by atoms with Crippen LogP contribution in [0.5, 0.6) is 5.75 Å². The van der Waals surface area contributed by atoms with Gasteiger partial charge in [0.25, 0.3) is 5.91 Å². The molecule has 2 aromatic rings. The zero-order valence-corrected chi connectivity index (χ0v) is 14.2. The standard InChI is InChI=1S/C19H22N2O3/c1-20(2)17(22)14-21(3)19(23)18(15-10-6-4-7-11-15)24-16-12-8-5-9-13-16/h4-13,18H,14H2,1-3H3/t18-/m0/s1. The van der Waals surface area contributed by atoms with Gasteiger partial charge in [0.15, 0.2) is 0 Å². The van der Waals surface area contributed by atoms with Crippen molar-refractivity contribution in [3.8, 4) is 5.75 Å². The molecule has 126 valence electrons. The zero-order valence-electron chi connectivity index (χ0n) is 14.2. The normalized spacial score (nSPS) is 11.5. The summed E-state index contributed by atoms with van der Waals surface area (Å²) in [6.07, 6.45) is -0.798. The van der Waals surface area contributed by atoms with Crippen molar-refractivity contribution >= 4 is 11.8 Å². The summed E-state index contributed by atoms with van der Waals surface area (Å²) < 4.78 is 5.91. The van der Waals surface area contributed by atoms with Crippen molar-refractivity contribution in [2.75, 3.05) is 27.7 Å². The number of amides is 2. The number of rotatable bonds is 6. The summed E-state index contributed by atoms with van der Waals surface area (Å²) in [6, 6.07) is 18.5. The predicted octanol–water partition coefficient (Wildman–Crippen LogP) is 2.35. The Morgan fingerprint density at radius 2 is 1.46 bits per heavy atom. The highest BCUT2D eigenvalue weighted by molar-refractivity contribution is 5.87. The molecule has 24 heavy (non-hydrogen) atoms. The maximum absolute atomic E-state index is 12.8. The first-order valence-corrected chi connectivity index (χ1v) is 7.71. The number of carbonyl (C=O) groups is 2. The van der Waals surface area contributed by atoms with E-state index in [2.05, 4.69) is 0 Å². The Bertz CT molecular complexity index is 672. The molecule has 0 radical (unpaired) electrons. The summed E-state index contributed by atoms with van der Waals surface area (Å²) in [5, 5.41) is 0. The van der Waals surface area contributed by atoms with Crippen molar-refractivity contribution in [3.05, 3.63) is 66.2 Å². The van der Waals surface area contributed by atoms with Crippen molar-refractivity contribution in [2.45, 2.75) is 6.10 Å². The van der Waals surface area contributed by atoms with Crippen LogP contribution in [-0.4, -0.2) is 49.3 Å². The molecule has 0 aliphatic rings. The summed E-state index contributed by atoms with van der Waals surface area (Å²) in [5.41, 5.74) is 0.746. The predicted molar refractivity (Wildman–Crippen MR) is 92.6 cm³/mol. The topological polar surface area (TPSA) is 49.9 Å². The smallest absolute Gasteiger partial charge is 0.268 e. The van der Waals surface area contributed by atoms with Gasteiger partial charge in [0.1, 0.15) is 5.75 Å². The number of benzene rings is 2. The molecule has 0 aliphatic heterocycles. The van der Waals surface area contributed by atoms with E-state index in [0.29, 0.717) is 5.75 Å². The van der Waals surface area contributed by atoms with Crippen molar-refractivity contribution in [1.29, 1.82) is 0 Å². The van der Waals surface area contributed by atoms with Gasteiger partial charge in [-0.1, -0.05) is 48.5 Å². The van der Waals surface area contributed by atoms with Crippen molar-refractivity contribution < 1.29 is 14.3 Å². The summed E-state index contributed by atoms with van der Waals surface area (Å²) in [4.78, 5) is 27.6. The SMILES string of the molecule is CN(C)C(=O)CN(C)C(=O)[C@@H](Oc1ccccc1)c1ccccc1. The van der Waals surface area contributed by atoms with E-state index >= 15 is 0 Å². The maximum atomic E-state index is 12.8. The van der Waals surface area contributed by atoms with Gasteiger partial charge >= 0.3 is 0 Å². The number of hydrogen-bond acceptors (Lipinski definition) is 3. The number of para-hydroxylation sites is 1. The second kappa shape index (κ2) is 8.15. The Labute approximate surface area is 142 Å². The van der Waals surface area contributed by atoms with Gasteiger partial charge < -0.3 is 14.5 Å². The molecule has 0 bridgehead atoms. The highest BCUT2D eigenvalue weighted by Gasteiger charge is 2.27. The van der Waals surface area contributed by atoms with E-state index in [9.17, 15) is 9.59 Å². The molecule has 0 heterocycles. The van der Waals surface area contributed by atoms with Crippen LogP contribution in [0, 0.1) is 0 Å². The van der Waals surface area contributed by atoms with E-state index in [1.807, 2.05) is 48.5 Å². The Kier molecular flexibility index (Phi) is 5.95. The fraction of sp³-hybridized carbons (Fsp3) is 0.263. The summed E-state index contributed by atoms with van der Waals surface area (Å²) in [6.45, 7) is 0.00726. The Morgan fingerprint density at radius 3 is 2.00 bits per heavy atom. The molecule has 2 rings (SSSR count). The van der Waals surface area contributed by atoms with Crippen LogP contribution in [0.4, 0.5) is 0 Å². The van der Waals surface area contributed by atoms with Crippen LogP contribution in [0.2, 0.25) is 0 Å². The Hall–Kier alpha value is -2.82. The van der Waals surface area contributed by atoms with Gasteiger partial charge in [-0.2, -0.15) is 0 Å². The monoisotopic (exact) mass is 326 g/mol. The van der Waals surface area contributed by atoms with Crippen LogP contribution in [0.25, 0.3) is 0 Å². The molecule has 2 amide bonds. The lowest BCUT2D eigenvalue weighted by molar-refractivity contribution is -0.143. The number of likely N-dealkylation sites (N-methyl/N-ethyl adjacent to an activating group) is 2. The van der Waals surface area contributed by atoms with Crippen LogP contribution in [0.15, 0.2) is 60.7 Å². The van der Waals surface area contributed by atoms with Gasteiger partial charge in [-0.15, -0.1) is 0 Å². The molecule has 0 aromatic heterocycles. The molecule has 0 fully saturated rings. The van der Waals surface area contributed by atoms with E-state index < -0.39 is 6.10 Å². The molecule has 5 heteroatoms. The van der Waals surface area contributed by atoms with Crippen LogP contribution in [-0.2, 0) is 9.59 Å². The third-order valence-electron chi connectivity index (χ3n) is 3.57. The van der Waals surface area contributed by atoms with E-state index in [0.717, 1.165) is 5.56 Å². The highest BCUT2D eigenvalue weighted by Crippen LogP contribution is 2.23. The largest absolute Gasteiger partial charge is 0.476 e. The minimum absolute atomic E-state index is 0.00726. The number of carbonyl (C=O) groups excluding carboxylic acids is 2. The number of hydrogen-bond donors (Lipinski definition) is 0. The fourth-order valence-corrected chi connectivity index (χ4v) is 2.15. The first kappa shape index (κ1) is 17.5. The molecule has 5 nitrogen and oxygen atoms in total. The van der Waals surface area contributed by atoms with Gasteiger partial charge in [-0.05, 0) is 12.1 Å². The van der Waals surface area contributed by atoms with Gasteiger partial charge in [-0.3, -0.25) is 9.59 Å². The summed E-state index contributed by atoms with van der Waals surface area (Å²) in [5.74, 6) is 0.199. The van der Waals surface area contributed by atoms with Gasteiger partial charge in [0.2, 0.25) is 12.0 Å². The quantitative estimate of drug-likeness (QED) is 0.819. The van der Waals surface area contributed by atoms with Crippen LogP contribution in [0.1, 0.15) is 11.7 Å². The van der Waals surface area contributed by atoms with Crippen LogP contribution in [0.3, 0.4) is 0 Å². The molecule has 2 aromatic carbocycles. The van der Waals surface area contributed by atoms with Crippen LogP contribution < -0.4 is 4.74 Å². The molecule has 0 aliphatic carbocycles. The molecule has 0 saturated carbocycles. The lowest BCUT2D eigenvalue weighted by atomic mass is 10.1. The van der Waals surface area contributed by atoms with Crippen molar-refractivity contribution in [1.82, 2.24) is 9.80 Å². The molecule has 1 atom stereocenters.